The number of hydrogen-bond acceptors (Lipinski definition) is 2. The summed E-state index contributed by atoms with van der Waals surface area (Å²) >= 11 is 0. The molecule has 0 bridgehead atoms. The lowest BCUT2D eigenvalue weighted by Crippen LogP contribution is -2.44. The van der Waals surface area contributed by atoms with E-state index in [0.29, 0.717) is 19.7 Å². The Kier molecular flexibility index (Phi) is 2.65. The summed E-state index contributed by atoms with van der Waals surface area (Å²) in [6.07, 6.45) is -0.348. The second-order valence-corrected chi connectivity index (χ2v) is 2.10. The molecule has 0 aromatic heterocycles. The Morgan fingerprint density at radius 2 is 2.60 bits per heavy atom. The molecule has 1 atom stereocenters. The lowest BCUT2D eigenvalue weighted by Gasteiger charge is -2.20. The summed E-state index contributed by atoms with van der Waals surface area (Å²) in [6.45, 7) is 1.78. The first-order valence-electron chi connectivity index (χ1n) is 3.31. The Balaban J connectivity index is 2.31. The molecule has 10 heavy (non-hydrogen) atoms. The molecule has 0 aliphatic carbocycles. The Morgan fingerprint density at radius 3 is 3.10 bits per heavy atom. The lowest BCUT2D eigenvalue weighted by molar-refractivity contribution is -0.133. The molecule has 1 aliphatic rings. The van der Waals surface area contributed by atoms with E-state index in [2.05, 4.69) is 10.6 Å². The molecule has 1 radical (unpaired) electrons. The van der Waals surface area contributed by atoms with Crippen molar-refractivity contribution in [1.82, 2.24) is 10.6 Å². The molecule has 0 aromatic carbocycles. The van der Waals surface area contributed by atoms with Gasteiger partial charge in [-0.1, -0.05) is 0 Å². The summed E-state index contributed by atoms with van der Waals surface area (Å²) in [5, 5.41) is 6.55. The van der Waals surface area contributed by atoms with Gasteiger partial charge >= 0.3 is 0 Å². The average molecular weight is 143 g/mol. The van der Waals surface area contributed by atoms with Crippen molar-refractivity contribution >= 4 is 5.91 Å². The van der Waals surface area contributed by atoms with Gasteiger partial charge in [0.25, 0.3) is 0 Å². The van der Waals surface area contributed by atoms with E-state index in [-0.39, 0.29) is 12.0 Å². The maximum atomic E-state index is 10.9. The van der Waals surface area contributed by atoms with Gasteiger partial charge in [0, 0.05) is 20.1 Å². The maximum Gasteiger partial charge on any atom is 0.250 e. The minimum atomic E-state index is -0.348. The Bertz CT molecular complexity index is 121. The van der Waals surface area contributed by atoms with E-state index in [1.807, 2.05) is 0 Å². The fourth-order valence-corrected chi connectivity index (χ4v) is 0.840. The third-order valence-electron chi connectivity index (χ3n) is 1.40. The zero-order valence-electron chi connectivity index (χ0n) is 5.96. The van der Waals surface area contributed by atoms with Crippen LogP contribution in [0.4, 0.5) is 0 Å². The van der Waals surface area contributed by atoms with Gasteiger partial charge in [-0.2, -0.15) is 0 Å². The summed E-state index contributed by atoms with van der Waals surface area (Å²) in [5.41, 5.74) is 0. The summed E-state index contributed by atoms with van der Waals surface area (Å²) in [6, 6.07) is 0. The molecular weight excluding hydrogens is 132 g/mol. The molecule has 1 N–H and O–H groups in total. The predicted octanol–water partition coefficient (Wildman–Crippen LogP) is -1.26. The van der Waals surface area contributed by atoms with Gasteiger partial charge < -0.3 is 10.1 Å². The van der Waals surface area contributed by atoms with E-state index in [9.17, 15) is 4.79 Å². The van der Waals surface area contributed by atoms with E-state index >= 15 is 0 Å². The molecule has 1 heterocycles. The third kappa shape index (κ3) is 1.68. The molecular formula is C6H11N2O2. The molecule has 57 valence electrons. The number of ether oxygens (including phenoxy) is 1. The van der Waals surface area contributed by atoms with E-state index < -0.39 is 0 Å². The van der Waals surface area contributed by atoms with Crippen molar-refractivity contribution in [2.45, 2.75) is 6.10 Å². The highest BCUT2D eigenvalue weighted by atomic mass is 16.5. The number of carbonyl (C=O) groups is 1. The quantitative estimate of drug-likeness (QED) is 0.498. The molecule has 0 spiro atoms. The van der Waals surface area contributed by atoms with Crippen LogP contribution in [0.25, 0.3) is 0 Å². The number of nitrogens with zero attached hydrogens (tertiary/aromatic N) is 1. The number of carbonyl (C=O) groups excluding carboxylic acids is 1. The average Bonchev–Trinajstić information content (AvgIpc) is 2.05. The first kappa shape index (κ1) is 7.50. The van der Waals surface area contributed by atoms with Crippen LogP contribution in [0.1, 0.15) is 0 Å². The van der Waals surface area contributed by atoms with Gasteiger partial charge in [0.05, 0.1) is 6.61 Å². The number of amides is 1. The van der Waals surface area contributed by atoms with Crippen molar-refractivity contribution in [3.8, 4) is 0 Å². The molecule has 4 heteroatoms. The fourth-order valence-electron chi connectivity index (χ4n) is 0.840. The SMILES string of the molecule is CNC(=O)C1C[N]CCO1. The monoisotopic (exact) mass is 143 g/mol. The number of morpholine rings is 1. The van der Waals surface area contributed by atoms with E-state index in [1.165, 1.54) is 0 Å². The van der Waals surface area contributed by atoms with Crippen molar-refractivity contribution in [1.29, 1.82) is 0 Å². The van der Waals surface area contributed by atoms with Crippen LogP contribution in [0, 0.1) is 0 Å². The lowest BCUT2D eigenvalue weighted by atomic mass is 10.3. The highest BCUT2D eigenvalue weighted by molar-refractivity contribution is 5.80. The number of likely N-dealkylation sites (N-methyl/N-ethyl adjacent to an activating group) is 1. The van der Waals surface area contributed by atoms with Crippen molar-refractivity contribution in [2.24, 2.45) is 0 Å². The molecule has 1 rings (SSSR count). The van der Waals surface area contributed by atoms with Crippen LogP contribution in [-0.2, 0) is 9.53 Å². The first-order valence-corrected chi connectivity index (χ1v) is 3.31. The summed E-state index contributed by atoms with van der Waals surface area (Å²) in [4.78, 5) is 10.9. The Hall–Kier alpha value is -0.610. The van der Waals surface area contributed by atoms with Crippen molar-refractivity contribution in [3.05, 3.63) is 0 Å². The maximum absolute atomic E-state index is 10.9. The van der Waals surface area contributed by atoms with Gasteiger partial charge in [-0.15, -0.1) is 0 Å². The van der Waals surface area contributed by atoms with Crippen LogP contribution in [0.5, 0.6) is 0 Å². The summed E-state index contributed by atoms with van der Waals surface area (Å²) < 4.78 is 5.12. The molecule has 1 saturated heterocycles. The summed E-state index contributed by atoms with van der Waals surface area (Å²) in [5.74, 6) is -0.0801. The Labute approximate surface area is 59.9 Å². The third-order valence-corrected chi connectivity index (χ3v) is 1.40. The van der Waals surface area contributed by atoms with Gasteiger partial charge in [0.15, 0.2) is 0 Å². The van der Waals surface area contributed by atoms with E-state index in [1.54, 1.807) is 7.05 Å². The standard InChI is InChI=1S/C6H11N2O2/c1-7-6(9)5-4-8-2-3-10-5/h5H,2-4H2,1H3,(H,7,9). The fraction of sp³-hybridized carbons (Fsp3) is 0.833. The second kappa shape index (κ2) is 3.53. The summed E-state index contributed by atoms with van der Waals surface area (Å²) in [7, 11) is 1.60. The molecule has 1 unspecified atom stereocenters. The van der Waals surface area contributed by atoms with Gasteiger partial charge in [-0.05, 0) is 0 Å². The number of rotatable bonds is 1. The molecule has 1 fully saturated rings. The molecule has 0 saturated carbocycles. The number of nitrogens with one attached hydrogen (secondary N) is 1. The van der Waals surface area contributed by atoms with E-state index in [4.69, 9.17) is 4.74 Å². The molecule has 1 amide bonds. The largest absolute Gasteiger partial charge is 0.366 e. The second-order valence-electron chi connectivity index (χ2n) is 2.10. The molecule has 4 nitrogen and oxygen atoms in total. The highest BCUT2D eigenvalue weighted by Gasteiger charge is 2.20. The van der Waals surface area contributed by atoms with Crippen LogP contribution in [0.3, 0.4) is 0 Å². The number of hydrogen-bond donors (Lipinski definition) is 1. The van der Waals surface area contributed by atoms with Crippen molar-refractivity contribution in [3.63, 3.8) is 0 Å². The van der Waals surface area contributed by atoms with Crippen LogP contribution >= 0.6 is 0 Å². The zero-order chi connectivity index (χ0) is 7.40. The highest BCUT2D eigenvalue weighted by Crippen LogP contribution is 1.95. The first-order chi connectivity index (χ1) is 4.84. The van der Waals surface area contributed by atoms with Gasteiger partial charge in [0.2, 0.25) is 5.91 Å². The van der Waals surface area contributed by atoms with Gasteiger partial charge in [-0.3, -0.25) is 4.79 Å². The minimum absolute atomic E-state index is 0.0801. The Morgan fingerprint density at radius 1 is 1.80 bits per heavy atom. The smallest absolute Gasteiger partial charge is 0.250 e. The van der Waals surface area contributed by atoms with Crippen LogP contribution in [-0.4, -0.2) is 38.8 Å². The van der Waals surface area contributed by atoms with Crippen molar-refractivity contribution < 1.29 is 9.53 Å². The van der Waals surface area contributed by atoms with Gasteiger partial charge in [-0.25, -0.2) is 5.32 Å². The zero-order valence-corrected chi connectivity index (χ0v) is 5.96. The minimum Gasteiger partial charge on any atom is -0.366 e. The normalized spacial score (nSPS) is 25.9. The van der Waals surface area contributed by atoms with Crippen molar-refractivity contribution in [2.75, 3.05) is 26.7 Å². The van der Waals surface area contributed by atoms with Gasteiger partial charge in [0.1, 0.15) is 6.10 Å². The topological polar surface area (TPSA) is 52.4 Å². The predicted molar refractivity (Wildman–Crippen MR) is 35.7 cm³/mol. The van der Waals surface area contributed by atoms with Crippen LogP contribution < -0.4 is 10.6 Å². The molecule has 1 aliphatic heterocycles. The molecule has 0 aromatic rings. The van der Waals surface area contributed by atoms with E-state index in [0.717, 1.165) is 0 Å². The van der Waals surface area contributed by atoms with Crippen LogP contribution in [0.15, 0.2) is 0 Å². The van der Waals surface area contributed by atoms with Crippen LogP contribution in [0.2, 0.25) is 0 Å².